The highest BCUT2D eigenvalue weighted by atomic mass is 32.2. The highest BCUT2D eigenvalue weighted by Gasteiger charge is 2.34. The molecule has 6 nitrogen and oxygen atoms in total. The van der Waals surface area contributed by atoms with Crippen LogP contribution in [-0.2, 0) is 10.0 Å². The maximum absolute atomic E-state index is 12.4. The molecule has 1 aliphatic heterocycles. The number of aliphatic hydroxyl groups is 1. The number of pyridine rings is 1. The number of hydrogen-bond acceptors (Lipinski definition) is 5. The number of nitrogens with zero attached hydrogens (tertiary/aromatic N) is 2. The van der Waals surface area contributed by atoms with Gasteiger partial charge in [0, 0.05) is 32.9 Å². The Morgan fingerprint density at radius 1 is 1.61 bits per heavy atom. The van der Waals surface area contributed by atoms with Gasteiger partial charge in [0.25, 0.3) is 10.0 Å². The highest BCUT2D eigenvalue weighted by molar-refractivity contribution is 7.89. The van der Waals surface area contributed by atoms with Crippen LogP contribution in [0.25, 0.3) is 0 Å². The lowest BCUT2D eigenvalue weighted by Crippen LogP contribution is -2.30. The van der Waals surface area contributed by atoms with Crippen LogP contribution in [0.5, 0.6) is 0 Å². The monoisotopic (exact) mass is 271 g/mol. The van der Waals surface area contributed by atoms with Crippen LogP contribution >= 0.6 is 0 Å². The third-order valence-corrected chi connectivity index (χ3v) is 4.96. The lowest BCUT2D eigenvalue weighted by atomic mass is 10.1. The minimum atomic E-state index is -3.58. The second-order valence-corrected chi connectivity index (χ2v) is 6.16. The van der Waals surface area contributed by atoms with E-state index in [4.69, 9.17) is 5.11 Å². The summed E-state index contributed by atoms with van der Waals surface area (Å²) in [5.41, 5.74) is 0.491. The summed E-state index contributed by atoms with van der Waals surface area (Å²) < 4.78 is 26.2. The maximum Gasteiger partial charge on any atom is 0.262 e. The lowest BCUT2D eigenvalue weighted by molar-refractivity contribution is 0.233. The van der Waals surface area contributed by atoms with Gasteiger partial charge in [-0.1, -0.05) is 0 Å². The number of anilines is 1. The number of rotatable bonds is 4. The van der Waals surface area contributed by atoms with Crippen molar-refractivity contribution in [3.8, 4) is 0 Å². The van der Waals surface area contributed by atoms with E-state index in [0.717, 1.165) is 0 Å². The third-order valence-electron chi connectivity index (χ3n) is 3.13. The summed E-state index contributed by atoms with van der Waals surface area (Å²) in [6, 6.07) is 3.37. The molecule has 100 valence electrons. The van der Waals surface area contributed by atoms with Crippen LogP contribution in [0.3, 0.4) is 0 Å². The maximum atomic E-state index is 12.4. The Bertz CT molecular complexity index is 518. The molecule has 1 aromatic heterocycles. The fourth-order valence-corrected chi connectivity index (χ4v) is 3.71. The van der Waals surface area contributed by atoms with Crippen molar-refractivity contribution in [2.75, 3.05) is 32.1 Å². The van der Waals surface area contributed by atoms with Gasteiger partial charge in [-0.05, 0) is 24.5 Å². The predicted molar refractivity (Wildman–Crippen MR) is 67.7 cm³/mol. The van der Waals surface area contributed by atoms with Gasteiger partial charge in [0.15, 0.2) is 5.03 Å². The topological polar surface area (TPSA) is 82.5 Å². The van der Waals surface area contributed by atoms with Gasteiger partial charge in [-0.15, -0.1) is 0 Å². The first-order chi connectivity index (χ1) is 8.59. The zero-order valence-corrected chi connectivity index (χ0v) is 11.0. The van der Waals surface area contributed by atoms with E-state index in [1.165, 1.54) is 10.5 Å². The molecule has 0 amide bonds. The summed E-state index contributed by atoms with van der Waals surface area (Å²) in [6.07, 6.45) is 2.16. The number of aromatic nitrogens is 1. The van der Waals surface area contributed by atoms with E-state index in [1.54, 1.807) is 19.2 Å². The van der Waals surface area contributed by atoms with E-state index >= 15 is 0 Å². The largest absolute Gasteiger partial charge is 0.396 e. The average molecular weight is 271 g/mol. The van der Waals surface area contributed by atoms with E-state index in [0.29, 0.717) is 25.2 Å². The van der Waals surface area contributed by atoms with E-state index in [1.807, 2.05) is 0 Å². The normalized spacial score (nSPS) is 21.1. The molecule has 1 aromatic rings. The molecule has 0 aromatic carbocycles. The summed E-state index contributed by atoms with van der Waals surface area (Å²) >= 11 is 0. The highest BCUT2D eigenvalue weighted by Crippen LogP contribution is 2.26. The molecular weight excluding hydrogens is 254 g/mol. The summed E-state index contributed by atoms with van der Waals surface area (Å²) in [4.78, 5) is 3.96. The molecule has 0 radical (unpaired) electrons. The van der Waals surface area contributed by atoms with Gasteiger partial charge in [0.2, 0.25) is 0 Å². The van der Waals surface area contributed by atoms with Gasteiger partial charge in [-0.25, -0.2) is 13.4 Å². The van der Waals surface area contributed by atoms with Crippen molar-refractivity contribution in [3.05, 3.63) is 18.3 Å². The van der Waals surface area contributed by atoms with Crippen LogP contribution < -0.4 is 5.32 Å². The molecule has 0 aliphatic carbocycles. The molecule has 1 fully saturated rings. The third kappa shape index (κ3) is 2.33. The van der Waals surface area contributed by atoms with Crippen LogP contribution in [0.4, 0.5) is 5.69 Å². The fraction of sp³-hybridized carbons (Fsp3) is 0.545. The molecule has 18 heavy (non-hydrogen) atoms. The Balaban J connectivity index is 2.31. The Labute approximate surface area is 107 Å². The summed E-state index contributed by atoms with van der Waals surface area (Å²) in [5.74, 6) is 0.0292. The van der Waals surface area contributed by atoms with E-state index in [-0.39, 0.29) is 17.6 Å². The van der Waals surface area contributed by atoms with E-state index in [2.05, 4.69) is 10.3 Å². The molecule has 7 heteroatoms. The standard InChI is InChI=1S/C11H17N3O3S/c1-12-10-3-2-5-13-11(10)18(16,17)14-6-4-9(7-14)8-15/h2-3,5,9,12,15H,4,6-8H2,1H3. The Morgan fingerprint density at radius 3 is 3.00 bits per heavy atom. The molecule has 2 rings (SSSR count). The van der Waals surface area contributed by atoms with Crippen molar-refractivity contribution in [3.63, 3.8) is 0 Å². The van der Waals surface area contributed by atoms with Crippen molar-refractivity contribution in [2.24, 2.45) is 5.92 Å². The average Bonchev–Trinajstić information content (AvgIpc) is 2.88. The zero-order chi connectivity index (χ0) is 13.2. The fourth-order valence-electron chi connectivity index (χ4n) is 2.07. The van der Waals surface area contributed by atoms with Crippen LogP contribution in [0, 0.1) is 5.92 Å². The first-order valence-corrected chi connectivity index (χ1v) is 7.27. The smallest absolute Gasteiger partial charge is 0.262 e. The molecule has 0 bridgehead atoms. The van der Waals surface area contributed by atoms with Gasteiger partial charge in [0.05, 0.1) is 5.69 Å². The second-order valence-electron chi connectivity index (χ2n) is 4.31. The Morgan fingerprint density at radius 2 is 2.39 bits per heavy atom. The van der Waals surface area contributed by atoms with Crippen molar-refractivity contribution < 1.29 is 13.5 Å². The minimum Gasteiger partial charge on any atom is -0.396 e. The SMILES string of the molecule is CNc1cccnc1S(=O)(=O)N1CCC(CO)C1. The Kier molecular flexibility index (Phi) is 3.84. The lowest BCUT2D eigenvalue weighted by Gasteiger charge is -2.17. The zero-order valence-electron chi connectivity index (χ0n) is 10.2. The van der Waals surface area contributed by atoms with Crippen molar-refractivity contribution in [1.29, 1.82) is 0 Å². The number of nitrogens with one attached hydrogen (secondary N) is 1. The van der Waals surface area contributed by atoms with Crippen LogP contribution in [-0.4, -0.2) is 49.6 Å². The summed E-state index contributed by atoms with van der Waals surface area (Å²) in [5, 5.41) is 12.0. The summed E-state index contributed by atoms with van der Waals surface area (Å²) in [7, 11) is -1.91. The molecule has 0 saturated carbocycles. The molecule has 1 atom stereocenters. The molecule has 0 spiro atoms. The summed E-state index contributed by atoms with van der Waals surface area (Å²) in [6.45, 7) is 0.818. The first kappa shape index (κ1) is 13.3. The molecule has 1 unspecified atom stereocenters. The molecular formula is C11H17N3O3S. The number of sulfonamides is 1. The molecule has 2 heterocycles. The van der Waals surface area contributed by atoms with Crippen LogP contribution in [0.2, 0.25) is 0 Å². The van der Waals surface area contributed by atoms with Crippen LogP contribution in [0.15, 0.2) is 23.4 Å². The molecule has 1 saturated heterocycles. The Hall–Kier alpha value is -1.18. The van der Waals surface area contributed by atoms with Gasteiger partial charge >= 0.3 is 0 Å². The van der Waals surface area contributed by atoms with Crippen molar-refractivity contribution in [2.45, 2.75) is 11.4 Å². The van der Waals surface area contributed by atoms with Crippen molar-refractivity contribution >= 4 is 15.7 Å². The number of hydrogen-bond donors (Lipinski definition) is 2. The van der Waals surface area contributed by atoms with Gasteiger partial charge in [0.1, 0.15) is 0 Å². The first-order valence-electron chi connectivity index (χ1n) is 5.83. The number of aliphatic hydroxyl groups excluding tert-OH is 1. The van der Waals surface area contributed by atoms with Gasteiger partial charge < -0.3 is 10.4 Å². The molecule has 1 aliphatic rings. The van der Waals surface area contributed by atoms with Gasteiger partial charge in [-0.3, -0.25) is 0 Å². The van der Waals surface area contributed by atoms with Crippen LogP contribution in [0.1, 0.15) is 6.42 Å². The quantitative estimate of drug-likeness (QED) is 0.813. The second kappa shape index (κ2) is 5.21. The van der Waals surface area contributed by atoms with E-state index < -0.39 is 10.0 Å². The minimum absolute atomic E-state index is 0.0210. The van der Waals surface area contributed by atoms with E-state index in [9.17, 15) is 8.42 Å². The van der Waals surface area contributed by atoms with Gasteiger partial charge in [-0.2, -0.15) is 4.31 Å². The van der Waals surface area contributed by atoms with Crippen molar-refractivity contribution in [1.82, 2.24) is 9.29 Å². The molecule has 2 N–H and O–H groups in total. The predicted octanol–water partition coefficient (Wildman–Crippen LogP) is 0.126.